The highest BCUT2D eigenvalue weighted by molar-refractivity contribution is 6.29. The number of hydrogen-bond acceptors (Lipinski definition) is 3. The number of pyridine rings is 1. The van der Waals surface area contributed by atoms with Crippen molar-refractivity contribution in [3.05, 3.63) is 28.5 Å². The Kier molecular flexibility index (Phi) is 6.47. The molecule has 0 aromatic carbocycles. The Balaban J connectivity index is 2.98. The number of rotatable bonds is 6. The SMILES string of the molecule is CCc1cc(C(=O)N(CCC#N)CC(C)C)cc(Cl)n1. The molecule has 1 aromatic heterocycles. The predicted molar refractivity (Wildman–Crippen MR) is 79.6 cm³/mol. The average Bonchev–Trinajstić information content (AvgIpc) is 2.41. The second-order valence-electron chi connectivity index (χ2n) is 5.08. The fourth-order valence-electron chi connectivity index (χ4n) is 1.94. The Bertz CT molecular complexity index is 508. The van der Waals surface area contributed by atoms with Crippen LogP contribution in [0.2, 0.25) is 5.15 Å². The van der Waals surface area contributed by atoms with Gasteiger partial charge in [-0.15, -0.1) is 0 Å². The Labute approximate surface area is 125 Å². The Hall–Kier alpha value is -1.60. The second-order valence-corrected chi connectivity index (χ2v) is 5.46. The number of carbonyl (C=O) groups excluding carboxylic acids is 1. The third-order valence-corrected chi connectivity index (χ3v) is 3.02. The van der Waals surface area contributed by atoms with E-state index in [2.05, 4.69) is 11.1 Å². The number of amides is 1. The van der Waals surface area contributed by atoms with Crippen LogP contribution in [0.4, 0.5) is 0 Å². The molecule has 1 amide bonds. The van der Waals surface area contributed by atoms with Gasteiger partial charge in [-0.3, -0.25) is 4.79 Å². The summed E-state index contributed by atoms with van der Waals surface area (Å²) in [5.41, 5.74) is 1.34. The fraction of sp³-hybridized carbons (Fsp3) is 0.533. The van der Waals surface area contributed by atoms with E-state index in [0.717, 1.165) is 12.1 Å². The maximum Gasteiger partial charge on any atom is 0.254 e. The topological polar surface area (TPSA) is 57.0 Å². The minimum absolute atomic E-state index is 0.0899. The predicted octanol–water partition coefficient (Wildman–Crippen LogP) is 3.31. The lowest BCUT2D eigenvalue weighted by atomic mass is 10.1. The zero-order chi connectivity index (χ0) is 15.1. The van der Waals surface area contributed by atoms with Crippen LogP contribution in [0.3, 0.4) is 0 Å². The highest BCUT2D eigenvalue weighted by Gasteiger charge is 2.18. The summed E-state index contributed by atoms with van der Waals surface area (Å²) in [6, 6.07) is 5.44. The first-order valence-electron chi connectivity index (χ1n) is 6.80. The van der Waals surface area contributed by atoms with Crippen molar-refractivity contribution < 1.29 is 4.79 Å². The second kappa shape index (κ2) is 7.86. The van der Waals surface area contributed by atoms with Gasteiger partial charge in [0.2, 0.25) is 0 Å². The molecule has 0 aliphatic heterocycles. The molecule has 0 N–H and O–H groups in total. The van der Waals surface area contributed by atoms with Gasteiger partial charge in [-0.2, -0.15) is 5.26 Å². The van der Waals surface area contributed by atoms with Gasteiger partial charge in [-0.1, -0.05) is 32.4 Å². The minimum Gasteiger partial charge on any atom is -0.337 e. The van der Waals surface area contributed by atoms with E-state index in [0.29, 0.717) is 36.1 Å². The van der Waals surface area contributed by atoms with Crippen molar-refractivity contribution in [1.29, 1.82) is 5.26 Å². The molecule has 0 unspecified atom stereocenters. The van der Waals surface area contributed by atoms with E-state index in [4.69, 9.17) is 16.9 Å². The Morgan fingerprint density at radius 3 is 2.75 bits per heavy atom. The number of aryl methyl sites for hydroxylation is 1. The molecule has 0 spiro atoms. The largest absolute Gasteiger partial charge is 0.337 e. The number of hydrogen-bond donors (Lipinski definition) is 0. The summed E-state index contributed by atoms with van der Waals surface area (Å²) in [5, 5.41) is 9.04. The van der Waals surface area contributed by atoms with Gasteiger partial charge in [0.1, 0.15) is 5.15 Å². The number of nitrogens with zero attached hydrogens (tertiary/aromatic N) is 3. The molecular weight excluding hydrogens is 274 g/mol. The third kappa shape index (κ3) is 4.82. The van der Waals surface area contributed by atoms with E-state index >= 15 is 0 Å². The monoisotopic (exact) mass is 293 g/mol. The first-order valence-corrected chi connectivity index (χ1v) is 7.18. The van der Waals surface area contributed by atoms with Gasteiger partial charge in [0, 0.05) is 24.3 Å². The summed E-state index contributed by atoms with van der Waals surface area (Å²) in [7, 11) is 0. The molecule has 1 rings (SSSR count). The summed E-state index contributed by atoms with van der Waals surface area (Å²) in [5.74, 6) is 0.258. The first kappa shape index (κ1) is 16.5. The van der Waals surface area contributed by atoms with Crippen LogP contribution in [-0.4, -0.2) is 28.9 Å². The van der Waals surface area contributed by atoms with Crippen molar-refractivity contribution in [3.8, 4) is 6.07 Å². The van der Waals surface area contributed by atoms with Crippen LogP contribution >= 0.6 is 11.6 Å². The van der Waals surface area contributed by atoms with Crippen LogP contribution in [0.1, 0.15) is 43.2 Å². The van der Waals surface area contributed by atoms with Crippen molar-refractivity contribution in [3.63, 3.8) is 0 Å². The molecule has 1 heterocycles. The average molecular weight is 294 g/mol. The lowest BCUT2D eigenvalue weighted by molar-refractivity contribution is 0.0739. The van der Waals surface area contributed by atoms with Crippen molar-refractivity contribution >= 4 is 17.5 Å². The molecule has 1 aromatic rings. The molecule has 0 aliphatic carbocycles. The summed E-state index contributed by atoms with van der Waals surface area (Å²) in [6.07, 6.45) is 1.06. The zero-order valence-corrected chi connectivity index (χ0v) is 12.9. The van der Waals surface area contributed by atoms with E-state index in [9.17, 15) is 4.79 Å². The van der Waals surface area contributed by atoms with Crippen molar-refractivity contribution in [2.75, 3.05) is 13.1 Å². The number of halogens is 1. The Morgan fingerprint density at radius 2 is 2.20 bits per heavy atom. The van der Waals surface area contributed by atoms with Crippen LogP contribution in [-0.2, 0) is 6.42 Å². The lowest BCUT2D eigenvalue weighted by Gasteiger charge is -2.24. The Morgan fingerprint density at radius 1 is 1.50 bits per heavy atom. The molecular formula is C15H20ClN3O. The first-order chi connectivity index (χ1) is 9.47. The van der Waals surface area contributed by atoms with Gasteiger partial charge in [0.25, 0.3) is 5.91 Å². The molecule has 4 nitrogen and oxygen atoms in total. The molecule has 0 radical (unpaired) electrons. The van der Waals surface area contributed by atoms with Gasteiger partial charge in [0.05, 0.1) is 12.5 Å². The van der Waals surface area contributed by atoms with Crippen molar-refractivity contribution in [2.45, 2.75) is 33.6 Å². The van der Waals surface area contributed by atoms with Crippen LogP contribution < -0.4 is 0 Å². The van der Waals surface area contributed by atoms with E-state index in [1.54, 1.807) is 17.0 Å². The molecule has 0 atom stereocenters. The lowest BCUT2D eigenvalue weighted by Crippen LogP contribution is -2.35. The molecule has 0 saturated carbocycles. The van der Waals surface area contributed by atoms with Crippen LogP contribution in [0.25, 0.3) is 0 Å². The van der Waals surface area contributed by atoms with E-state index in [1.807, 2.05) is 20.8 Å². The normalized spacial score (nSPS) is 10.4. The molecule has 20 heavy (non-hydrogen) atoms. The van der Waals surface area contributed by atoms with E-state index < -0.39 is 0 Å². The molecule has 108 valence electrons. The number of nitriles is 1. The quantitative estimate of drug-likeness (QED) is 0.756. The highest BCUT2D eigenvalue weighted by atomic mass is 35.5. The molecule has 5 heteroatoms. The highest BCUT2D eigenvalue weighted by Crippen LogP contribution is 2.15. The van der Waals surface area contributed by atoms with Crippen molar-refractivity contribution in [2.24, 2.45) is 5.92 Å². The number of aromatic nitrogens is 1. The minimum atomic E-state index is -0.0899. The molecule has 0 fully saturated rings. The van der Waals surface area contributed by atoms with Gasteiger partial charge < -0.3 is 4.90 Å². The van der Waals surface area contributed by atoms with E-state index in [1.165, 1.54) is 0 Å². The molecule has 0 aliphatic rings. The summed E-state index contributed by atoms with van der Waals surface area (Å²) >= 11 is 5.95. The van der Waals surface area contributed by atoms with Gasteiger partial charge in [0.15, 0.2) is 0 Å². The smallest absolute Gasteiger partial charge is 0.254 e. The van der Waals surface area contributed by atoms with Gasteiger partial charge in [-0.25, -0.2) is 4.98 Å². The van der Waals surface area contributed by atoms with Gasteiger partial charge in [-0.05, 0) is 24.5 Å². The summed E-state index contributed by atoms with van der Waals surface area (Å²) < 4.78 is 0. The van der Waals surface area contributed by atoms with Crippen LogP contribution in [0.5, 0.6) is 0 Å². The van der Waals surface area contributed by atoms with Crippen LogP contribution in [0.15, 0.2) is 12.1 Å². The summed E-state index contributed by atoms with van der Waals surface area (Å²) in [4.78, 5) is 18.4. The van der Waals surface area contributed by atoms with Crippen molar-refractivity contribution in [1.82, 2.24) is 9.88 Å². The van der Waals surface area contributed by atoms with Crippen LogP contribution in [0, 0.1) is 17.2 Å². The summed E-state index contributed by atoms with van der Waals surface area (Å²) in [6.45, 7) is 7.12. The maximum atomic E-state index is 12.5. The zero-order valence-electron chi connectivity index (χ0n) is 12.2. The number of carbonyl (C=O) groups is 1. The standard InChI is InChI=1S/C15H20ClN3O/c1-4-13-8-12(9-14(16)18-13)15(20)19(7-5-6-17)10-11(2)3/h8-9,11H,4-5,7,10H2,1-3H3. The maximum absolute atomic E-state index is 12.5. The third-order valence-electron chi connectivity index (χ3n) is 2.82. The fourth-order valence-corrected chi connectivity index (χ4v) is 2.17. The van der Waals surface area contributed by atoms with Gasteiger partial charge >= 0.3 is 0 Å². The molecule has 0 saturated heterocycles. The van der Waals surface area contributed by atoms with E-state index in [-0.39, 0.29) is 5.91 Å². The molecule has 0 bridgehead atoms.